The zero-order chi connectivity index (χ0) is 24.0. The smallest absolute Gasteiger partial charge is 0.274 e. The molecule has 180 valence electrons. The van der Waals surface area contributed by atoms with Gasteiger partial charge in [0.05, 0.1) is 28.8 Å². The molecule has 2 aliphatic heterocycles. The second kappa shape index (κ2) is 8.78. The lowest BCUT2D eigenvalue weighted by Crippen LogP contribution is -2.48. The number of fused-ring (bicyclic) bond motifs is 1. The number of nitrogens with zero attached hydrogens (tertiary/aromatic N) is 5. The summed E-state index contributed by atoms with van der Waals surface area (Å²) < 4.78 is 26.5. The van der Waals surface area contributed by atoms with Crippen LogP contribution >= 0.6 is 0 Å². The summed E-state index contributed by atoms with van der Waals surface area (Å²) in [6.07, 6.45) is 0.555. The fourth-order valence-electron chi connectivity index (χ4n) is 5.09. The van der Waals surface area contributed by atoms with Gasteiger partial charge in [-0.25, -0.2) is 18.4 Å². The maximum Gasteiger partial charge on any atom is 0.274 e. The van der Waals surface area contributed by atoms with Gasteiger partial charge in [-0.1, -0.05) is 36.8 Å². The maximum absolute atomic E-state index is 13.7. The lowest BCUT2D eigenvalue weighted by atomic mass is 10.1. The monoisotopic (exact) mass is 481 g/mol. The van der Waals surface area contributed by atoms with Gasteiger partial charge in [0.25, 0.3) is 5.91 Å². The zero-order valence-corrected chi connectivity index (χ0v) is 20.8. The van der Waals surface area contributed by atoms with Crippen LogP contribution in [0.3, 0.4) is 0 Å². The molecule has 8 nitrogen and oxygen atoms in total. The number of pyridine rings is 1. The molecule has 9 heteroatoms. The Hall–Kier alpha value is -2.78. The number of amides is 1. The molecule has 5 rings (SSSR count). The summed E-state index contributed by atoms with van der Waals surface area (Å²) >= 11 is 0. The normalized spacial score (nSPS) is 20.8. The number of carbonyl (C=O) groups is 1. The van der Waals surface area contributed by atoms with Crippen molar-refractivity contribution < 1.29 is 13.2 Å². The summed E-state index contributed by atoms with van der Waals surface area (Å²) in [5, 5.41) is 0. The first-order chi connectivity index (χ1) is 16.3. The molecule has 0 N–H and O–H groups in total. The summed E-state index contributed by atoms with van der Waals surface area (Å²) in [5.74, 6) is 0.882. The summed E-state index contributed by atoms with van der Waals surface area (Å²) in [6, 6.07) is 9.84. The number of carbonyl (C=O) groups excluding carboxylic acids is 1. The molecule has 2 saturated heterocycles. The van der Waals surface area contributed by atoms with Gasteiger partial charge in [-0.2, -0.15) is 0 Å². The third-order valence-corrected chi connectivity index (χ3v) is 8.83. The number of hydrogen-bond acceptors (Lipinski definition) is 6. The maximum atomic E-state index is 13.7. The Bertz CT molecular complexity index is 1340. The highest BCUT2D eigenvalue weighted by molar-refractivity contribution is 7.91. The second-order valence-electron chi connectivity index (χ2n) is 9.40. The van der Waals surface area contributed by atoms with Crippen molar-refractivity contribution in [2.45, 2.75) is 33.2 Å². The zero-order valence-electron chi connectivity index (χ0n) is 20.0. The Balaban J connectivity index is 1.64. The lowest BCUT2D eigenvalue weighted by molar-refractivity contribution is 0.0639. The molecule has 4 heterocycles. The SMILES string of the molecule is CCN1CCN(C(=O)c2nc(-c3ccc(C)cc3)cc3c2nc(C)n3[C@H]2CCS(=O)(=O)C2)CC1. The Morgan fingerprint density at radius 1 is 1.06 bits per heavy atom. The highest BCUT2D eigenvalue weighted by Gasteiger charge is 2.33. The minimum absolute atomic E-state index is 0.101. The summed E-state index contributed by atoms with van der Waals surface area (Å²) in [5.41, 5.74) is 4.45. The van der Waals surface area contributed by atoms with Crippen LogP contribution in [0.15, 0.2) is 30.3 Å². The van der Waals surface area contributed by atoms with E-state index in [1.807, 2.05) is 53.6 Å². The van der Waals surface area contributed by atoms with Crippen LogP contribution in [-0.2, 0) is 9.84 Å². The molecule has 0 spiro atoms. The number of aromatic nitrogens is 3. The minimum Gasteiger partial charge on any atom is -0.335 e. The standard InChI is InChI=1S/C25H31N5O3S/c1-4-28-10-12-29(13-11-28)25(31)24-23-22(15-21(27-24)19-7-5-17(2)6-8-19)30(18(3)26-23)20-9-14-34(32,33)16-20/h5-8,15,20H,4,9-14,16H2,1-3H3/t20-/m0/s1. The number of rotatable bonds is 4. The molecular formula is C25H31N5O3S. The van der Waals surface area contributed by atoms with Crippen LogP contribution in [0.2, 0.25) is 0 Å². The molecule has 0 aliphatic carbocycles. The number of likely N-dealkylation sites (N-methyl/N-ethyl adjacent to an activating group) is 1. The molecule has 2 aromatic heterocycles. The van der Waals surface area contributed by atoms with E-state index in [9.17, 15) is 13.2 Å². The average molecular weight is 482 g/mol. The van der Waals surface area contributed by atoms with E-state index >= 15 is 0 Å². The van der Waals surface area contributed by atoms with E-state index in [4.69, 9.17) is 9.97 Å². The van der Waals surface area contributed by atoms with Gasteiger partial charge in [-0.05, 0) is 32.9 Å². The van der Waals surface area contributed by atoms with Crippen LogP contribution < -0.4 is 0 Å². The van der Waals surface area contributed by atoms with Crippen molar-refractivity contribution in [3.63, 3.8) is 0 Å². The fraction of sp³-hybridized carbons (Fsp3) is 0.480. The van der Waals surface area contributed by atoms with E-state index in [1.54, 1.807) is 0 Å². The van der Waals surface area contributed by atoms with Gasteiger partial charge < -0.3 is 14.4 Å². The molecule has 34 heavy (non-hydrogen) atoms. The Morgan fingerprint density at radius 3 is 2.38 bits per heavy atom. The number of piperazine rings is 1. The highest BCUT2D eigenvalue weighted by atomic mass is 32.2. The Labute approximate surface area is 200 Å². The Kier molecular flexibility index (Phi) is 5.93. The van der Waals surface area contributed by atoms with Crippen molar-refractivity contribution in [1.82, 2.24) is 24.3 Å². The molecule has 0 radical (unpaired) electrons. The molecule has 2 fully saturated rings. The number of benzene rings is 1. The number of hydrogen-bond donors (Lipinski definition) is 0. The summed E-state index contributed by atoms with van der Waals surface area (Å²) in [7, 11) is -3.07. The van der Waals surface area contributed by atoms with Gasteiger partial charge in [-0.15, -0.1) is 0 Å². The first-order valence-corrected chi connectivity index (χ1v) is 13.8. The third-order valence-electron chi connectivity index (χ3n) is 7.08. The van der Waals surface area contributed by atoms with Crippen LogP contribution in [0.25, 0.3) is 22.3 Å². The van der Waals surface area contributed by atoms with Gasteiger partial charge in [0, 0.05) is 31.7 Å². The number of imidazole rings is 1. The van der Waals surface area contributed by atoms with Gasteiger partial charge in [0.15, 0.2) is 15.5 Å². The van der Waals surface area contributed by atoms with Crippen LogP contribution in [0.5, 0.6) is 0 Å². The molecule has 0 saturated carbocycles. The average Bonchev–Trinajstić information content (AvgIpc) is 3.35. The van der Waals surface area contributed by atoms with E-state index < -0.39 is 9.84 Å². The van der Waals surface area contributed by atoms with Crippen molar-refractivity contribution in [1.29, 1.82) is 0 Å². The van der Waals surface area contributed by atoms with Crippen molar-refractivity contribution in [3.8, 4) is 11.3 Å². The van der Waals surface area contributed by atoms with E-state index in [0.29, 0.717) is 42.2 Å². The Morgan fingerprint density at radius 2 is 1.76 bits per heavy atom. The van der Waals surface area contributed by atoms with Gasteiger partial charge in [0.2, 0.25) is 0 Å². The third kappa shape index (κ3) is 4.22. The molecule has 2 aliphatic rings. The first-order valence-electron chi connectivity index (χ1n) is 11.9. The summed E-state index contributed by atoms with van der Waals surface area (Å²) in [6.45, 7) is 10.0. The van der Waals surface area contributed by atoms with Crippen LogP contribution in [0.4, 0.5) is 0 Å². The van der Waals surface area contributed by atoms with E-state index in [1.165, 1.54) is 0 Å². The molecule has 0 unspecified atom stereocenters. The highest BCUT2D eigenvalue weighted by Crippen LogP contribution is 2.33. The van der Waals surface area contributed by atoms with Crippen molar-refractivity contribution in [2.75, 3.05) is 44.2 Å². The van der Waals surface area contributed by atoms with Crippen molar-refractivity contribution >= 4 is 26.8 Å². The van der Waals surface area contributed by atoms with Crippen LogP contribution in [-0.4, -0.2) is 82.9 Å². The van der Waals surface area contributed by atoms with Crippen molar-refractivity contribution in [2.24, 2.45) is 0 Å². The second-order valence-corrected chi connectivity index (χ2v) is 11.6. The van der Waals surface area contributed by atoms with E-state index in [2.05, 4.69) is 11.8 Å². The molecule has 1 amide bonds. The van der Waals surface area contributed by atoms with Crippen molar-refractivity contribution in [3.05, 3.63) is 47.4 Å². The largest absolute Gasteiger partial charge is 0.335 e. The topological polar surface area (TPSA) is 88.4 Å². The van der Waals surface area contributed by atoms with Gasteiger partial charge in [0.1, 0.15) is 11.3 Å². The van der Waals surface area contributed by atoms with Crippen LogP contribution in [0, 0.1) is 13.8 Å². The molecule has 3 aromatic rings. The molecule has 1 atom stereocenters. The predicted molar refractivity (Wildman–Crippen MR) is 133 cm³/mol. The van der Waals surface area contributed by atoms with Crippen LogP contribution in [0.1, 0.15) is 41.3 Å². The first kappa shape index (κ1) is 23.0. The molecular weight excluding hydrogens is 450 g/mol. The molecule has 1 aromatic carbocycles. The minimum atomic E-state index is -3.07. The van der Waals surface area contributed by atoms with E-state index in [-0.39, 0.29) is 23.5 Å². The van der Waals surface area contributed by atoms with Gasteiger partial charge >= 0.3 is 0 Å². The quantitative estimate of drug-likeness (QED) is 0.569. The number of aryl methyl sites for hydroxylation is 2. The lowest BCUT2D eigenvalue weighted by Gasteiger charge is -2.33. The summed E-state index contributed by atoms with van der Waals surface area (Å²) in [4.78, 5) is 27.5. The fourth-order valence-corrected chi connectivity index (χ4v) is 6.79. The predicted octanol–water partition coefficient (Wildman–Crippen LogP) is 2.85. The molecule has 0 bridgehead atoms. The van der Waals surface area contributed by atoms with Gasteiger partial charge in [-0.3, -0.25) is 4.79 Å². The number of sulfone groups is 1. The van der Waals surface area contributed by atoms with E-state index in [0.717, 1.165) is 36.3 Å².